The van der Waals surface area contributed by atoms with Crippen LogP contribution in [0, 0.1) is 0 Å². The molecule has 7 heteroatoms. The summed E-state index contributed by atoms with van der Waals surface area (Å²) in [5.41, 5.74) is 2.12. The first-order valence-electron chi connectivity index (χ1n) is 8.46. The average Bonchev–Trinajstić information content (AvgIpc) is 2.74. The Kier molecular flexibility index (Phi) is 5.86. The largest absolute Gasteiger partial charge is 0.496 e. The summed E-state index contributed by atoms with van der Waals surface area (Å²) in [7, 11) is 2.85. The van der Waals surface area contributed by atoms with Gasteiger partial charge in [0.2, 0.25) is 0 Å². The lowest BCUT2D eigenvalue weighted by molar-refractivity contribution is 0.0600. The van der Waals surface area contributed by atoms with Crippen LogP contribution >= 0.6 is 0 Å². The molecule has 0 fully saturated rings. The Morgan fingerprint density at radius 3 is 2.46 bits per heavy atom. The van der Waals surface area contributed by atoms with Gasteiger partial charge in [-0.2, -0.15) is 0 Å². The fraction of sp³-hybridized carbons (Fsp3) is 0.0952. The van der Waals surface area contributed by atoms with E-state index in [9.17, 15) is 9.59 Å². The maximum Gasteiger partial charge on any atom is 0.337 e. The molecular weight excluding hydrogens is 358 g/mol. The molecule has 2 N–H and O–H groups in total. The maximum absolute atomic E-state index is 12.4. The molecule has 1 aromatic heterocycles. The Labute approximate surface area is 162 Å². The SMILES string of the molecule is COC(=O)c1cccc(Nc2ccc(NC(=O)c3ccccc3OC)cn2)c1. The van der Waals surface area contributed by atoms with Crippen molar-refractivity contribution in [2.75, 3.05) is 24.9 Å². The summed E-state index contributed by atoms with van der Waals surface area (Å²) in [6.45, 7) is 0. The summed E-state index contributed by atoms with van der Waals surface area (Å²) in [6, 6.07) is 17.3. The first-order chi connectivity index (χ1) is 13.6. The number of benzene rings is 2. The number of amides is 1. The van der Waals surface area contributed by atoms with Gasteiger partial charge < -0.3 is 20.1 Å². The van der Waals surface area contributed by atoms with Gasteiger partial charge in [0.05, 0.1) is 37.2 Å². The summed E-state index contributed by atoms with van der Waals surface area (Å²) >= 11 is 0. The number of nitrogens with zero attached hydrogens (tertiary/aromatic N) is 1. The van der Waals surface area contributed by atoms with Gasteiger partial charge in [-0.1, -0.05) is 18.2 Å². The molecule has 7 nitrogen and oxygen atoms in total. The molecule has 0 saturated carbocycles. The van der Waals surface area contributed by atoms with Crippen LogP contribution in [0.1, 0.15) is 20.7 Å². The first-order valence-corrected chi connectivity index (χ1v) is 8.46. The molecule has 28 heavy (non-hydrogen) atoms. The van der Waals surface area contributed by atoms with Crippen LogP contribution in [0.5, 0.6) is 5.75 Å². The number of aromatic nitrogens is 1. The smallest absolute Gasteiger partial charge is 0.337 e. The third-order valence-electron chi connectivity index (χ3n) is 3.93. The second-order valence-electron chi connectivity index (χ2n) is 5.78. The minimum atomic E-state index is -0.411. The zero-order valence-electron chi connectivity index (χ0n) is 15.4. The number of carbonyl (C=O) groups is 2. The summed E-state index contributed by atoms with van der Waals surface area (Å²) in [6.07, 6.45) is 1.54. The molecule has 0 aliphatic rings. The summed E-state index contributed by atoms with van der Waals surface area (Å²) in [4.78, 5) is 28.3. The van der Waals surface area contributed by atoms with Crippen LogP contribution in [0.15, 0.2) is 66.9 Å². The highest BCUT2D eigenvalue weighted by molar-refractivity contribution is 6.06. The van der Waals surface area contributed by atoms with E-state index in [1.54, 1.807) is 60.8 Å². The Morgan fingerprint density at radius 2 is 1.75 bits per heavy atom. The molecule has 0 unspecified atom stereocenters. The number of carbonyl (C=O) groups excluding carboxylic acids is 2. The third-order valence-corrected chi connectivity index (χ3v) is 3.93. The number of pyridine rings is 1. The van der Waals surface area contributed by atoms with Crippen molar-refractivity contribution < 1.29 is 19.1 Å². The molecule has 3 rings (SSSR count). The Hall–Kier alpha value is -3.87. The molecule has 142 valence electrons. The van der Waals surface area contributed by atoms with E-state index in [4.69, 9.17) is 9.47 Å². The molecule has 0 saturated heterocycles. The number of rotatable bonds is 6. The van der Waals surface area contributed by atoms with E-state index in [0.29, 0.717) is 34.1 Å². The summed E-state index contributed by atoms with van der Waals surface area (Å²) in [5.74, 6) is 0.366. The zero-order chi connectivity index (χ0) is 19.9. The van der Waals surface area contributed by atoms with Crippen LogP contribution in [0.3, 0.4) is 0 Å². The van der Waals surface area contributed by atoms with Crippen molar-refractivity contribution in [1.82, 2.24) is 4.98 Å². The molecule has 0 aliphatic heterocycles. The second kappa shape index (κ2) is 8.68. The van der Waals surface area contributed by atoms with E-state index >= 15 is 0 Å². The Balaban J connectivity index is 1.68. The van der Waals surface area contributed by atoms with Gasteiger partial charge >= 0.3 is 5.97 Å². The molecular formula is C21H19N3O4. The van der Waals surface area contributed by atoms with Gasteiger partial charge in [-0.05, 0) is 42.5 Å². The lowest BCUT2D eigenvalue weighted by Gasteiger charge is -2.10. The van der Waals surface area contributed by atoms with Gasteiger partial charge in [-0.15, -0.1) is 0 Å². The van der Waals surface area contributed by atoms with Crippen LogP contribution in [-0.4, -0.2) is 31.1 Å². The fourth-order valence-electron chi connectivity index (χ4n) is 2.56. The van der Waals surface area contributed by atoms with Crippen molar-refractivity contribution in [3.63, 3.8) is 0 Å². The van der Waals surface area contributed by atoms with Gasteiger partial charge in [-0.25, -0.2) is 9.78 Å². The number of anilines is 3. The normalized spacial score (nSPS) is 10.1. The minimum Gasteiger partial charge on any atom is -0.496 e. The molecule has 3 aromatic rings. The van der Waals surface area contributed by atoms with Crippen molar-refractivity contribution in [2.24, 2.45) is 0 Å². The van der Waals surface area contributed by atoms with Crippen LogP contribution < -0.4 is 15.4 Å². The second-order valence-corrected chi connectivity index (χ2v) is 5.78. The van der Waals surface area contributed by atoms with E-state index < -0.39 is 5.97 Å². The van der Waals surface area contributed by atoms with Crippen molar-refractivity contribution in [2.45, 2.75) is 0 Å². The number of esters is 1. The van der Waals surface area contributed by atoms with Crippen LogP contribution in [-0.2, 0) is 4.74 Å². The number of nitrogens with one attached hydrogen (secondary N) is 2. The lowest BCUT2D eigenvalue weighted by atomic mass is 10.2. The van der Waals surface area contributed by atoms with E-state index in [1.807, 2.05) is 6.07 Å². The molecule has 0 aliphatic carbocycles. The number of hydrogen-bond acceptors (Lipinski definition) is 6. The molecule has 0 spiro atoms. The fourth-order valence-corrected chi connectivity index (χ4v) is 2.56. The van der Waals surface area contributed by atoms with E-state index in [-0.39, 0.29) is 5.91 Å². The predicted molar refractivity (Wildman–Crippen MR) is 106 cm³/mol. The van der Waals surface area contributed by atoms with E-state index in [1.165, 1.54) is 14.2 Å². The highest BCUT2D eigenvalue weighted by Gasteiger charge is 2.12. The van der Waals surface area contributed by atoms with Gasteiger partial charge in [0.15, 0.2) is 0 Å². The van der Waals surface area contributed by atoms with Crippen molar-refractivity contribution in [3.8, 4) is 5.75 Å². The van der Waals surface area contributed by atoms with Gasteiger partial charge in [0.25, 0.3) is 5.91 Å². The quantitative estimate of drug-likeness (QED) is 0.634. The Bertz CT molecular complexity index is 987. The van der Waals surface area contributed by atoms with Crippen LogP contribution in [0.25, 0.3) is 0 Å². The summed E-state index contributed by atoms with van der Waals surface area (Å²) < 4.78 is 9.92. The average molecular weight is 377 g/mol. The van der Waals surface area contributed by atoms with Crippen molar-refractivity contribution in [1.29, 1.82) is 0 Å². The Morgan fingerprint density at radius 1 is 0.929 bits per heavy atom. The monoisotopic (exact) mass is 377 g/mol. The summed E-state index contributed by atoms with van der Waals surface area (Å²) in [5, 5.41) is 5.89. The van der Waals surface area contributed by atoms with E-state index in [2.05, 4.69) is 15.6 Å². The van der Waals surface area contributed by atoms with E-state index in [0.717, 1.165) is 0 Å². The molecule has 1 amide bonds. The standard InChI is InChI=1S/C21H19N3O4/c1-27-18-9-4-3-8-17(18)20(25)24-16-10-11-19(22-13-16)23-15-7-5-6-14(12-15)21(26)28-2/h3-13H,1-2H3,(H,22,23)(H,24,25). The number of para-hydroxylation sites is 1. The van der Waals surface area contributed by atoms with Crippen LogP contribution in [0.2, 0.25) is 0 Å². The van der Waals surface area contributed by atoms with Gasteiger partial charge in [-0.3, -0.25) is 4.79 Å². The molecule has 2 aromatic carbocycles. The minimum absolute atomic E-state index is 0.286. The lowest BCUT2D eigenvalue weighted by Crippen LogP contribution is -2.13. The zero-order valence-corrected chi connectivity index (χ0v) is 15.4. The molecule has 1 heterocycles. The van der Waals surface area contributed by atoms with Gasteiger partial charge in [0, 0.05) is 5.69 Å². The number of methoxy groups -OCH3 is 2. The van der Waals surface area contributed by atoms with Crippen LogP contribution in [0.4, 0.5) is 17.2 Å². The van der Waals surface area contributed by atoms with Gasteiger partial charge in [0.1, 0.15) is 11.6 Å². The first kappa shape index (κ1) is 18.9. The topological polar surface area (TPSA) is 89.6 Å². The maximum atomic E-state index is 12.4. The van der Waals surface area contributed by atoms with Crippen molar-refractivity contribution in [3.05, 3.63) is 78.0 Å². The van der Waals surface area contributed by atoms with Crippen molar-refractivity contribution >= 4 is 29.1 Å². The number of hydrogen-bond donors (Lipinski definition) is 2. The highest BCUT2D eigenvalue weighted by atomic mass is 16.5. The number of ether oxygens (including phenoxy) is 2. The molecule has 0 bridgehead atoms. The highest BCUT2D eigenvalue weighted by Crippen LogP contribution is 2.21. The predicted octanol–water partition coefficient (Wildman–Crippen LogP) is 3.87. The molecule has 0 radical (unpaired) electrons. The molecule has 0 atom stereocenters. The third kappa shape index (κ3) is 4.45.